The molecule has 9 nitrogen and oxygen atoms in total. The minimum Gasteiger partial charge on any atom is -0.453 e. The van der Waals surface area contributed by atoms with Gasteiger partial charge in [0.1, 0.15) is 11.5 Å². The number of hydrogen-bond acceptors (Lipinski definition) is 8. The van der Waals surface area contributed by atoms with Crippen LogP contribution in [-0.4, -0.2) is 34.9 Å². The number of aromatic nitrogens is 3. The molecule has 41 heavy (non-hydrogen) atoms. The van der Waals surface area contributed by atoms with Crippen LogP contribution in [0, 0.1) is 12.7 Å². The molecule has 0 saturated heterocycles. The molecule has 0 fully saturated rings. The average molecular weight is 576 g/mol. The highest BCUT2D eigenvalue weighted by Crippen LogP contribution is 2.39. The lowest BCUT2D eigenvalue weighted by Crippen LogP contribution is -2.19. The summed E-state index contributed by atoms with van der Waals surface area (Å²) in [6, 6.07) is 14.9. The number of nitrogens with one attached hydrogen (secondary N) is 2. The smallest absolute Gasteiger partial charge is 0.324 e. The van der Waals surface area contributed by atoms with Crippen molar-refractivity contribution in [3.8, 4) is 22.1 Å². The highest BCUT2D eigenvalue weighted by molar-refractivity contribution is 7.22. The van der Waals surface area contributed by atoms with Gasteiger partial charge in [0.25, 0.3) is 0 Å². The van der Waals surface area contributed by atoms with Crippen LogP contribution in [0.25, 0.3) is 20.8 Å². The lowest BCUT2D eigenvalue weighted by atomic mass is 10.1. The minimum absolute atomic E-state index is 0.0242. The predicted octanol–water partition coefficient (Wildman–Crippen LogP) is 7.98. The molecule has 2 N–H and O–H groups in total. The molecule has 212 valence electrons. The molecular formula is C30H30FN5O4S. The summed E-state index contributed by atoms with van der Waals surface area (Å²) in [6.45, 7) is 2.51. The zero-order valence-electron chi connectivity index (χ0n) is 22.8. The lowest BCUT2D eigenvalue weighted by molar-refractivity contribution is 0.192. The topological polar surface area (TPSA) is 111 Å². The number of hydrogen-bond donors (Lipinski definition) is 2. The first kappa shape index (κ1) is 28.2. The zero-order chi connectivity index (χ0) is 28.6. The van der Waals surface area contributed by atoms with E-state index >= 15 is 0 Å². The standard InChI is InChI=1S/C30H30FN5O4S/c1-19-16-28(36-40-19)35-30(37)34-21-11-12-25(22(31)17-21)39-26-13-14-32-24-18-27(41-29(24)26)23-10-7-9-20(33-23)8-5-3-4-6-15-38-2/h7,9-14,16-18H,3-6,8,15H2,1-2H3,(H2,34,35,36,37). The molecule has 0 bridgehead atoms. The minimum atomic E-state index is -0.626. The van der Waals surface area contributed by atoms with Crippen LogP contribution in [0.15, 0.2) is 65.3 Å². The SMILES string of the molecule is COCCCCCCc1cccc(-c2cc3nccc(Oc4ccc(NC(=O)Nc5cc(C)on5)cc4F)c3s2)n1. The third-order valence-corrected chi connectivity index (χ3v) is 7.41. The molecule has 0 aliphatic carbocycles. The van der Waals surface area contributed by atoms with Crippen LogP contribution in [0.4, 0.5) is 20.7 Å². The molecule has 0 aliphatic rings. The number of fused-ring (bicyclic) bond motifs is 1. The Kier molecular flexibility index (Phi) is 9.17. The highest BCUT2D eigenvalue weighted by Gasteiger charge is 2.15. The number of halogens is 1. The van der Waals surface area contributed by atoms with E-state index in [1.54, 1.807) is 38.4 Å². The Bertz CT molecular complexity index is 1640. The number of anilines is 2. The Balaban J connectivity index is 1.26. The maximum Gasteiger partial charge on any atom is 0.324 e. The number of benzene rings is 1. The van der Waals surface area contributed by atoms with Gasteiger partial charge in [0, 0.05) is 49.5 Å². The van der Waals surface area contributed by atoms with Crippen molar-refractivity contribution in [2.24, 2.45) is 0 Å². The van der Waals surface area contributed by atoms with Crippen molar-refractivity contribution in [3.63, 3.8) is 0 Å². The summed E-state index contributed by atoms with van der Waals surface area (Å²) in [4.78, 5) is 22.5. The van der Waals surface area contributed by atoms with Crippen molar-refractivity contribution in [2.75, 3.05) is 24.4 Å². The number of amides is 2. The number of rotatable bonds is 12. The Labute approximate surface area is 240 Å². The molecule has 4 aromatic heterocycles. The number of unbranched alkanes of at least 4 members (excludes halogenated alkanes) is 3. The number of ether oxygens (including phenoxy) is 2. The van der Waals surface area contributed by atoms with Gasteiger partial charge in [0.15, 0.2) is 17.4 Å². The first-order chi connectivity index (χ1) is 20.0. The third-order valence-electron chi connectivity index (χ3n) is 6.25. The van der Waals surface area contributed by atoms with Crippen LogP contribution < -0.4 is 15.4 Å². The Hall–Kier alpha value is -4.35. The van der Waals surface area contributed by atoms with E-state index < -0.39 is 11.8 Å². The van der Waals surface area contributed by atoms with Crippen molar-refractivity contribution in [3.05, 3.63) is 78.1 Å². The van der Waals surface area contributed by atoms with Crippen molar-refractivity contribution >= 4 is 39.1 Å². The second kappa shape index (κ2) is 13.3. The molecule has 0 unspecified atom stereocenters. The van der Waals surface area contributed by atoms with E-state index in [0.717, 1.165) is 65.2 Å². The molecule has 5 rings (SSSR count). The number of carbonyl (C=O) groups excluding carboxylic acids is 1. The zero-order valence-corrected chi connectivity index (χ0v) is 23.6. The highest BCUT2D eigenvalue weighted by atomic mass is 32.1. The normalized spacial score (nSPS) is 11.1. The monoisotopic (exact) mass is 575 g/mol. The van der Waals surface area contributed by atoms with Crippen molar-refractivity contribution in [1.29, 1.82) is 0 Å². The van der Waals surface area contributed by atoms with Crippen LogP contribution in [0.2, 0.25) is 0 Å². The Morgan fingerprint density at radius 3 is 2.71 bits per heavy atom. The van der Waals surface area contributed by atoms with Gasteiger partial charge >= 0.3 is 6.03 Å². The Morgan fingerprint density at radius 2 is 1.90 bits per heavy atom. The summed E-state index contributed by atoms with van der Waals surface area (Å²) in [7, 11) is 1.73. The van der Waals surface area contributed by atoms with Gasteiger partial charge in [-0.1, -0.05) is 24.1 Å². The number of methoxy groups -OCH3 is 1. The summed E-state index contributed by atoms with van der Waals surface area (Å²) < 4.78 is 31.8. The van der Waals surface area contributed by atoms with E-state index in [1.807, 2.05) is 18.2 Å². The van der Waals surface area contributed by atoms with Gasteiger partial charge in [-0.05, 0) is 56.5 Å². The number of nitrogens with zero attached hydrogens (tertiary/aromatic N) is 3. The lowest BCUT2D eigenvalue weighted by Gasteiger charge is -2.10. The van der Waals surface area contributed by atoms with Crippen molar-refractivity contribution in [1.82, 2.24) is 15.1 Å². The molecule has 0 aliphatic heterocycles. The first-order valence-corrected chi connectivity index (χ1v) is 14.1. The number of thiophene rings is 1. The van der Waals surface area contributed by atoms with E-state index in [0.29, 0.717) is 11.5 Å². The van der Waals surface area contributed by atoms with Gasteiger partial charge in [0.05, 0.1) is 20.8 Å². The predicted molar refractivity (Wildman–Crippen MR) is 157 cm³/mol. The summed E-state index contributed by atoms with van der Waals surface area (Å²) >= 11 is 1.50. The van der Waals surface area contributed by atoms with Gasteiger partial charge < -0.3 is 19.3 Å². The molecular weight excluding hydrogens is 545 g/mol. The van der Waals surface area contributed by atoms with Crippen LogP contribution in [0.3, 0.4) is 0 Å². The summed E-state index contributed by atoms with van der Waals surface area (Å²) in [5, 5.41) is 8.78. The number of carbonyl (C=O) groups is 1. The summed E-state index contributed by atoms with van der Waals surface area (Å²) in [5.41, 5.74) is 2.92. The molecule has 0 atom stereocenters. The van der Waals surface area contributed by atoms with Gasteiger partial charge in [-0.25, -0.2) is 9.18 Å². The number of urea groups is 1. The van der Waals surface area contributed by atoms with Gasteiger partial charge in [0.2, 0.25) is 0 Å². The molecule has 2 amide bonds. The second-order valence-corrected chi connectivity index (χ2v) is 10.5. The second-order valence-electron chi connectivity index (χ2n) is 9.45. The molecule has 4 heterocycles. The van der Waals surface area contributed by atoms with Gasteiger partial charge in [-0.15, -0.1) is 11.3 Å². The average Bonchev–Trinajstić information content (AvgIpc) is 3.58. The molecule has 0 spiro atoms. The Morgan fingerprint density at radius 1 is 1.02 bits per heavy atom. The fraction of sp³-hybridized carbons (Fsp3) is 0.267. The van der Waals surface area contributed by atoms with Gasteiger partial charge in [-0.2, -0.15) is 0 Å². The van der Waals surface area contributed by atoms with E-state index in [2.05, 4.69) is 26.8 Å². The van der Waals surface area contributed by atoms with Crippen LogP contribution in [0.1, 0.15) is 37.1 Å². The molecule has 0 saturated carbocycles. The van der Waals surface area contributed by atoms with Crippen molar-refractivity contribution < 1.29 is 23.2 Å². The van der Waals surface area contributed by atoms with Crippen molar-refractivity contribution in [2.45, 2.75) is 39.0 Å². The van der Waals surface area contributed by atoms with Crippen LogP contribution >= 0.6 is 11.3 Å². The quantitative estimate of drug-likeness (QED) is 0.145. The molecule has 0 radical (unpaired) electrons. The third kappa shape index (κ3) is 7.44. The molecule has 11 heteroatoms. The fourth-order valence-corrected chi connectivity index (χ4v) is 5.30. The van der Waals surface area contributed by atoms with Crippen LogP contribution in [-0.2, 0) is 11.2 Å². The maximum absolute atomic E-state index is 15.0. The van der Waals surface area contributed by atoms with E-state index in [-0.39, 0.29) is 17.3 Å². The van der Waals surface area contributed by atoms with Gasteiger partial charge in [-0.3, -0.25) is 15.3 Å². The number of pyridine rings is 2. The maximum atomic E-state index is 15.0. The first-order valence-electron chi connectivity index (χ1n) is 13.3. The van der Waals surface area contributed by atoms with E-state index in [1.165, 1.54) is 23.5 Å². The summed E-state index contributed by atoms with van der Waals surface area (Å²) in [6.07, 6.45) is 7.01. The van der Waals surface area contributed by atoms with Crippen LogP contribution in [0.5, 0.6) is 11.5 Å². The van der Waals surface area contributed by atoms with E-state index in [9.17, 15) is 9.18 Å². The summed E-state index contributed by atoms with van der Waals surface area (Å²) in [5.74, 6) is 0.695. The molecule has 1 aromatic carbocycles. The number of aryl methyl sites for hydroxylation is 2. The van der Waals surface area contributed by atoms with E-state index in [4.69, 9.17) is 19.0 Å². The largest absolute Gasteiger partial charge is 0.453 e. The fourth-order valence-electron chi connectivity index (χ4n) is 4.27. The molecule has 5 aromatic rings.